The largest absolute Gasteiger partial charge is 0.508 e. The zero-order valence-electron chi connectivity index (χ0n) is 10.6. The number of benzene rings is 1. The van der Waals surface area contributed by atoms with Crippen molar-refractivity contribution in [1.82, 2.24) is 4.90 Å². The van der Waals surface area contributed by atoms with Gasteiger partial charge >= 0.3 is 0 Å². The summed E-state index contributed by atoms with van der Waals surface area (Å²) in [6.45, 7) is 5.58. The standard InChI is InChI=1S/C13H18ClNO2/c1-9-7-10(5-6-11(9)16)12(17)15(4)13(2,3)8-14/h5-7,16H,8H2,1-4H3. The van der Waals surface area contributed by atoms with E-state index in [2.05, 4.69) is 0 Å². The molecule has 17 heavy (non-hydrogen) atoms. The molecule has 0 bridgehead atoms. The predicted octanol–water partition coefficient (Wildman–Crippen LogP) is 2.79. The van der Waals surface area contributed by atoms with Crippen molar-refractivity contribution in [2.24, 2.45) is 0 Å². The van der Waals surface area contributed by atoms with Crippen LogP contribution in [-0.4, -0.2) is 34.4 Å². The fourth-order valence-corrected chi connectivity index (χ4v) is 1.53. The summed E-state index contributed by atoms with van der Waals surface area (Å²) in [5.74, 6) is 0.464. The number of rotatable bonds is 3. The number of nitrogens with zero attached hydrogens (tertiary/aromatic N) is 1. The smallest absolute Gasteiger partial charge is 0.254 e. The maximum Gasteiger partial charge on any atom is 0.254 e. The monoisotopic (exact) mass is 255 g/mol. The Balaban J connectivity index is 3.01. The molecule has 0 heterocycles. The Morgan fingerprint density at radius 3 is 2.53 bits per heavy atom. The van der Waals surface area contributed by atoms with E-state index >= 15 is 0 Å². The van der Waals surface area contributed by atoms with Crippen LogP contribution in [0.5, 0.6) is 5.75 Å². The van der Waals surface area contributed by atoms with E-state index < -0.39 is 5.54 Å². The molecule has 94 valence electrons. The second-order valence-electron chi connectivity index (χ2n) is 4.81. The zero-order chi connectivity index (χ0) is 13.2. The SMILES string of the molecule is Cc1cc(C(=O)N(C)C(C)(C)CCl)ccc1O. The molecule has 0 saturated heterocycles. The number of hydrogen-bond donors (Lipinski definition) is 1. The van der Waals surface area contributed by atoms with Crippen LogP contribution in [0.1, 0.15) is 29.8 Å². The summed E-state index contributed by atoms with van der Waals surface area (Å²) in [7, 11) is 1.73. The number of carbonyl (C=O) groups excluding carboxylic acids is 1. The molecule has 0 fully saturated rings. The van der Waals surface area contributed by atoms with Crippen molar-refractivity contribution in [3.05, 3.63) is 29.3 Å². The first-order chi connectivity index (χ1) is 7.79. The number of alkyl halides is 1. The van der Waals surface area contributed by atoms with Crippen LogP contribution in [-0.2, 0) is 0 Å². The molecule has 0 aliphatic heterocycles. The molecule has 0 atom stereocenters. The lowest BCUT2D eigenvalue weighted by Crippen LogP contribution is -2.46. The number of aromatic hydroxyl groups is 1. The van der Waals surface area contributed by atoms with E-state index in [4.69, 9.17) is 11.6 Å². The molecule has 1 amide bonds. The van der Waals surface area contributed by atoms with Crippen LogP contribution < -0.4 is 0 Å². The predicted molar refractivity (Wildman–Crippen MR) is 69.7 cm³/mol. The Kier molecular flexibility index (Phi) is 4.04. The van der Waals surface area contributed by atoms with Gasteiger partial charge in [-0.1, -0.05) is 0 Å². The third-order valence-electron chi connectivity index (χ3n) is 2.98. The van der Waals surface area contributed by atoms with E-state index in [1.165, 1.54) is 6.07 Å². The summed E-state index contributed by atoms with van der Waals surface area (Å²) in [4.78, 5) is 13.8. The molecular formula is C13H18ClNO2. The summed E-state index contributed by atoms with van der Waals surface area (Å²) >= 11 is 5.84. The Morgan fingerprint density at radius 1 is 1.47 bits per heavy atom. The third kappa shape index (κ3) is 2.91. The molecular weight excluding hydrogens is 238 g/mol. The topological polar surface area (TPSA) is 40.5 Å². The minimum absolute atomic E-state index is 0.0984. The van der Waals surface area contributed by atoms with Crippen LogP contribution in [0.25, 0.3) is 0 Å². The van der Waals surface area contributed by atoms with Gasteiger partial charge in [-0.2, -0.15) is 0 Å². The van der Waals surface area contributed by atoms with Gasteiger partial charge in [0.15, 0.2) is 0 Å². The van der Waals surface area contributed by atoms with E-state index in [-0.39, 0.29) is 11.7 Å². The molecule has 0 spiro atoms. The lowest BCUT2D eigenvalue weighted by molar-refractivity contribution is 0.0660. The van der Waals surface area contributed by atoms with Crippen molar-refractivity contribution in [1.29, 1.82) is 0 Å². The van der Waals surface area contributed by atoms with Crippen LogP contribution in [0.2, 0.25) is 0 Å². The lowest BCUT2D eigenvalue weighted by atomic mass is 10.0. The lowest BCUT2D eigenvalue weighted by Gasteiger charge is -2.34. The van der Waals surface area contributed by atoms with Crippen molar-refractivity contribution in [2.75, 3.05) is 12.9 Å². The molecule has 1 aromatic carbocycles. The number of hydrogen-bond acceptors (Lipinski definition) is 2. The molecule has 1 rings (SSSR count). The quantitative estimate of drug-likeness (QED) is 0.844. The molecule has 0 saturated carbocycles. The second-order valence-corrected chi connectivity index (χ2v) is 5.08. The van der Waals surface area contributed by atoms with E-state index in [1.54, 1.807) is 31.0 Å². The van der Waals surface area contributed by atoms with E-state index in [1.807, 2.05) is 13.8 Å². The van der Waals surface area contributed by atoms with Crippen molar-refractivity contribution in [3.63, 3.8) is 0 Å². The Morgan fingerprint density at radius 2 is 2.06 bits per heavy atom. The number of phenolic OH excluding ortho intramolecular Hbond substituents is 1. The van der Waals surface area contributed by atoms with Gasteiger partial charge in [0.2, 0.25) is 0 Å². The van der Waals surface area contributed by atoms with Gasteiger partial charge in [-0.05, 0) is 44.5 Å². The number of carbonyl (C=O) groups is 1. The minimum Gasteiger partial charge on any atom is -0.508 e. The average Bonchev–Trinajstić information content (AvgIpc) is 2.30. The maximum absolute atomic E-state index is 12.2. The number of halogens is 1. The fourth-order valence-electron chi connectivity index (χ4n) is 1.35. The van der Waals surface area contributed by atoms with E-state index in [9.17, 15) is 9.90 Å². The van der Waals surface area contributed by atoms with Crippen molar-refractivity contribution in [3.8, 4) is 5.75 Å². The van der Waals surface area contributed by atoms with E-state index in [0.29, 0.717) is 17.0 Å². The summed E-state index contributed by atoms with van der Waals surface area (Å²) in [5, 5.41) is 9.42. The molecule has 4 heteroatoms. The highest BCUT2D eigenvalue weighted by Crippen LogP contribution is 2.21. The van der Waals surface area contributed by atoms with Gasteiger partial charge in [0.1, 0.15) is 5.75 Å². The second kappa shape index (κ2) is 4.96. The molecule has 0 radical (unpaired) electrons. The van der Waals surface area contributed by atoms with Gasteiger partial charge in [0.25, 0.3) is 5.91 Å². The normalized spacial score (nSPS) is 11.4. The van der Waals surface area contributed by atoms with Crippen LogP contribution in [0.15, 0.2) is 18.2 Å². The molecule has 0 unspecified atom stereocenters. The molecule has 1 aromatic rings. The fraction of sp³-hybridized carbons (Fsp3) is 0.462. The van der Waals surface area contributed by atoms with Crippen LogP contribution in [0.3, 0.4) is 0 Å². The third-order valence-corrected chi connectivity index (χ3v) is 3.64. The Hall–Kier alpha value is -1.22. The molecule has 1 N–H and O–H groups in total. The number of aryl methyl sites for hydroxylation is 1. The minimum atomic E-state index is -0.398. The molecule has 0 aliphatic carbocycles. The highest BCUT2D eigenvalue weighted by molar-refractivity contribution is 6.18. The van der Waals surface area contributed by atoms with Crippen molar-refractivity contribution in [2.45, 2.75) is 26.3 Å². The first kappa shape index (κ1) is 13.8. The van der Waals surface area contributed by atoms with Gasteiger partial charge in [0, 0.05) is 18.5 Å². The maximum atomic E-state index is 12.2. The molecule has 3 nitrogen and oxygen atoms in total. The Bertz CT molecular complexity index is 429. The van der Waals surface area contributed by atoms with Gasteiger partial charge in [0.05, 0.1) is 5.54 Å². The van der Waals surface area contributed by atoms with Crippen molar-refractivity contribution >= 4 is 17.5 Å². The molecule has 0 aromatic heterocycles. The first-order valence-corrected chi connectivity index (χ1v) is 5.97. The summed E-state index contributed by atoms with van der Waals surface area (Å²) < 4.78 is 0. The van der Waals surface area contributed by atoms with Gasteiger partial charge in [-0.3, -0.25) is 4.79 Å². The van der Waals surface area contributed by atoms with Gasteiger partial charge in [-0.25, -0.2) is 0 Å². The average molecular weight is 256 g/mol. The van der Waals surface area contributed by atoms with Gasteiger partial charge in [-0.15, -0.1) is 11.6 Å². The highest BCUT2D eigenvalue weighted by Gasteiger charge is 2.27. The van der Waals surface area contributed by atoms with E-state index in [0.717, 1.165) is 0 Å². The van der Waals surface area contributed by atoms with Crippen LogP contribution in [0.4, 0.5) is 0 Å². The van der Waals surface area contributed by atoms with Crippen LogP contribution in [0, 0.1) is 6.92 Å². The Labute approximate surface area is 107 Å². The number of amides is 1. The summed E-state index contributed by atoms with van der Waals surface area (Å²) in [6.07, 6.45) is 0. The summed E-state index contributed by atoms with van der Waals surface area (Å²) in [6, 6.07) is 4.83. The number of phenols is 1. The van der Waals surface area contributed by atoms with Gasteiger partial charge < -0.3 is 10.0 Å². The van der Waals surface area contributed by atoms with Crippen molar-refractivity contribution < 1.29 is 9.90 Å². The highest BCUT2D eigenvalue weighted by atomic mass is 35.5. The summed E-state index contributed by atoms with van der Waals surface area (Å²) in [5.41, 5.74) is 0.846. The zero-order valence-corrected chi connectivity index (χ0v) is 11.4. The van der Waals surface area contributed by atoms with Crippen LogP contribution >= 0.6 is 11.6 Å². The first-order valence-electron chi connectivity index (χ1n) is 5.43. The molecule has 0 aliphatic rings.